The lowest BCUT2D eigenvalue weighted by Crippen LogP contribution is -2.51. The van der Waals surface area contributed by atoms with Crippen molar-refractivity contribution in [1.29, 1.82) is 0 Å². The first kappa shape index (κ1) is 14.3. The molecule has 0 N–H and O–H groups in total. The van der Waals surface area contributed by atoms with Crippen LogP contribution < -0.4 is 4.90 Å². The average molecular weight is 290 g/mol. The van der Waals surface area contributed by atoms with Crippen molar-refractivity contribution >= 4 is 11.9 Å². The van der Waals surface area contributed by atoms with Gasteiger partial charge >= 0.3 is 0 Å². The number of hydrogen-bond donors (Lipinski definition) is 0. The van der Waals surface area contributed by atoms with Gasteiger partial charge in [-0.05, 0) is 32.8 Å². The van der Waals surface area contributed by atoms with Crippen LogP contribution in [-0.2, 0) is 9.53 Å². The monoisotopic (exact) mass is 290 g/mol. The predicted octanol–water partition coefficient (Wildman–Crippen LogP) is 0.921. The van der Waals surface area contributed by atoms with Crippen molar-refractivity contribution in [3.8, 4) is 0 Å². The molecular weight excluding hydrogens is 268 g/mol. The average Bonchev–Trinajstić information content (AvgIpc) is 3.00. The van der Waals surface area contributed by atoms with Crippen molar-refractivity contribution < 1.29 is 9.53 Å². The number of hydrogen-bond acceptors (Lipinski definition) is 5. The summed E-state index contributed by atoms with van der Waals surface area (Å²) in [5.41, 5.74) is 1.96. The highest BCUT2D eigenvalue weighted by Crippen LogP contribution is 2.17. The van der Waals surface area contributed by atoms with Crippen LogP contribution in [0.5, 0.6) is 0 Å². The third kappa shape index (κ3) is 3.15. The van der Waals surface area contributed by atoms with Crippen LogP contribution in [0.4, 0.5) is 5.95 Å². The number of piperazine rings is 1. The third-order valence-electron chi connectivity index (χ3n) is 4.05. The van der Waals surface area contributed by atoms with E-state index in [1.807, 2.05) is 24.8 Å². The summed E-state index contributed by atoms with van der Waals surface area (Å²) in [6.07, 6.45) is 1.64. The van der Waals surface area contributed by atoms with E-state index in [0.717, 1.165) is 56.4 Å². The topological polar surface area (TPSA) is 58.6 Å². The molecule has 0 spiro atoms. The number of amides is 1. The lowest BCUT2D eigenvalue weighted by Gasteiger charge is -2.35. The molecule has 2 aliphatic rings. The molecule has 114 valence electrons. The zero-order valence-corrected chi connectivity index (χ0v) is 12.7. The van der Waals surface area contributed by atoms with Crippen LogP contribution in [0.2, 0.25) is 0 Å². The summed E-state index contributed by atoms with van der Waals surface area (Å²) in [6.45, 7) is 7.67. The summed E-state index contributed by atoms with van der Waals surface area (Å²) < 4.78 is 5.48. The fourth-order valence-corrected chi connectivity index (χ4v) is 2.95. The van der Waals surface area contributed by atoms with E-state index in [4.69, 9.17) is 4.74 Å². The normalized spacial score (nSPS) is 22.7. The molecule has 0 saturated carbocycles. The molecule has 3 heterocycles. The highest BCUT2D eigenvalue weighted by Gasteiger charge is 2.30. The molecule has 0 radical (unpaired) electrons. The minimum absolute atomic E-state index is 0.147. The van der Waals surface area contributed by atoms with Crippen LogP contribution in [0.15, 0.2) is 6.07 Å². The highest BCUT2D eigenvalue weighted by atomic mass is 16.5. The van der Waals surface area contributed by atoms with Crippen molar-refractivity contribution in [2.75, 3.05) is 37.7 Å². The van der Waals surface area contributed by atoms with Gasteiger partial charge in [-0.15, -0.1) is 0 Å². The van der Waals surface area contributed by atoms with Crippen LogP contribution in [0, 0.1) is 13.8 Å². The summed E-state index contributed by atoms with van der Waals surface area (Å²) in [5, 5.41) is 0. The molecule has 6 nitrogen and oxygen atoms in total. The van der Waals surface area contributed by atoms with Gasteiger partial charge in [-0.2, -0.15) is 0 Å². The van der Waals surface area contributed by atoms with Crippen molar-refractivity contribution in [3.63, 3.8) is 0 Å². The maximum absolute atomic E-state index is 12.3. The first-order valence-corrected chi connectivity index (χ1v) is 7.61. The number of aryl methyl sites for hydroxylation is 2. The van der Waals surface area contributed by atoms with E-state index in [1.54, 1.807) is 0 Å². The van der Waals surface area contributed by atoms with Crippen molar-refractivity contribution in [1.82, 2.24) is 14.9 Å². The molecule has 21 heavy (non-hydrogen) atoms. The van der Waals surface area contributed by atoms with Gasteiger partial charge in [0.05, 0.1) is 0 Å². The molecule has 1 unspecified atom stereocenters. The van der Waals surface area contributed by atoms with E-state index < -0.39 is 0 Å². The highest BCUT2D eigenvalue weighted by molar-refractivity contribution is 5.81. The number of aromatic nitrogens is 2. The molecule has 2 aliphatic heterocycles. The fourth-order valence-electron chi connectivity index (χ4n) is 2.95. The summed E-state index contributed by atoms with van der Waals surface area (Å²) in [4.78, 5) is 25.4. The standard InChI is InChI=1S/C15H22N4O2/c1-11-10-12(2)17-15(16-11)19-7-5-18(6-8-19)14(20)13-4-3-9-21-13/h10,13H,3-9H2,1-2H3. The van der Waals surface area contributed by atoms with Gasteiger partial charge in [0.25, 0.3) is 5.91 Å². The molecule has 0 aliphatic carbocycles. The van der Waals surface area contributed by atoms with Crippen LogP contribution >= 0.6 is 0 Å². The minimum Gasteiger partial charge on any atom is -0.368 e. The Morgan fingerprint density at radius 2 is 1.86 bits per heavy atom. The van der Waals surface area contributed by atoms with Gasteiger partial charge < -0.3 is 14.5 Å². The van der Waals surface area contributed by atoms with Gasteiger partial charge in [-0.25, -0.2) is 9.97 Å². The predicted molar refractivity (Wildman–Crippen MR) is 79.3 cm³/mol. The quantitative estimate of drug-likeness (QED) is 0.810. The summed E-state index contributed by atoms with van der Waals surface area (Å²) >= 11 is 0. The molecule has 1 aromatic rings. The van der Waals surface area contributed by atoms with Gasteiger partial charge in [0.1, 0.15) is 6.10 Å². The first-order chi connectivity index (χ1) is 10.1. The van der Waals surface area contributed by atoms with Crippen molar-refractivity contribution in [2.45, 2.75) is 32.8 Å². The Hall–Kier alpha value is -1.69. The van der Waals surface area contributed by atoms with Crippen molar-refractivity contribution in [3.05, 3.63) is 17.5 Å². The lowest BCUT2D eigenvalue weighted by molar-refractivity contribution is -0.141. The van der Waals surface area contributed by atoms with E-state index in [1.165, 1.54) is 0 Å². The number of anilines is 1. The zero-order valence-electron chi connectivity index (χ0n) is 12.7. The van der Waals surface area contributed by atoms with Crippen LogP contribution in [0.1, 0.15) is 24.2 Å². The first-order valence-electron chi connectivity index (χ1n) is 7.61. The Labute approximate surface area is 125 Å². The van der Waals surface area contributed by atoms with Crippen LogP contribution in [0.25, 0.3) is 0 Å². The minimum atomic E-state index is -0.214. The molecule has 1 amide bonds. The SMILES string of the molecule is Cc1cc(C)nc(N2CCN(C(=O)C3CCCO3)CC2)n1. The van der Waals surface area contributed by atoms with Crippen LogP contribution in [-0.4, -0.2) is 59.7 Å². The number of carbonyl (C=O) groups is 1. The molecule has 0 bridgehead atoms. The zero-order chi connectivity index (χ0) is 14.8. The number of ether oxygens (including phenoxy) is 1. The summed E-state index contributed by atoms with van der Waals surface area (Å²) in [5.74, 6) is 0.921. The Balaban J connectivity index is 1.60. The van der Waals surface area contributed by atoms with Gasteiger partial charge in [0.15, 0.2) is 0 Å². The molecule has 0 aromatic carbocycles. The molecule has 1 atom stereocenters. The van der Waals surface area contributed by atoms with E-state index >= 15 is 0 Å². The van der Waals surface area contributed by atoms with Gasteiger partial charge in [-0.1, -0.05) is 0 Å². The van der Waals surface area contributed by atoms with E-state index in [9.17, 15) is 4.79 Å². The second-order valence-corrected chi connectivity index (χ2v) is 5.76. The third-order valence-corrected chi connectivity index (χ3v) is 4.05. The number of carbonyl (C=O) groups excluding carboxylic acids is 1. The van der Waals surface area contributed by atoms with E-state index in [2.05, 4.69) is 14.9 Å². The molecule has 6 heteroatoms. The van der Waals surface area contributed by atoms with E-state index in [-0.39, 0.29) is 12.0 Å². The van der Waals surface area contributed by atoms with E-state index in [0.29, 0.717) is 6.61 Å². The Morgan fingerprint density at radius 1 is 1.19 bits per heavy atom. The van der Waals surface area contributed by atoms with Gasteiger partial charge in [0, 0.05) is 44.2 Å². The number of rotatable bonds is 2. The second-order valence-electron chi connectivity index (χ2n) is 5.76. The largest absolute Gasteiger partial charge is 0.368 e. The molecular formula is C15H22N4O2. The van der Waals surface area contributed by atoms with Gasteiger partial charge in [-0.3, -0.25) is 4.79 Å². The summed E-state index contributed by atoms with van der Waals surface area (Å²) in [6, 6.07) is 1.97. The van der Waals surface area contributed by atoms with Gasteiger partial charge in [0.2, 0.25) is 5.95 Å². The maximum atomic E-state index is 12.3. The van der Waals surface area contributed by atoms with Crippen molar-refractivity contribution in [2.24, 2.45) is 0 Å². The fraction of sp³-hybridized carbons (Fsp3) is 0.667. The smallest absolute Gasteiger partial charge is 0.251 e. The maximum Gasteiger partial charge on any atom is 0.251 e. The Bertz CT molecular complexity index is 500. The Morgan fingerprint density at radius 3 is 2.43 bits per heavy atom. The van der Waals surface area contributed by atoms with Crippen LogP contribution in [0.3, 0.4) is 0 Å². The summed E-state index contributed by atoms with van der Waals surface area (Å²) in [7, 11) is 0. The molecule has 2 saturated heterocycles. The lowest BCUT2D eigenvalue weighted by atomic mass is 10.2. The molecule has 2 fully saturated rings. The number of nitrogens with zero attached hydrogens (tertiary/aromatic N) is 4. The molecule has 1 aromatic heterocycles. The second kappa shape index (κ2) is 5.97. The Kier molecular flexibility index (Phi) is 4.05. The molecule has 3 rings (SSSR count).